The standard InChI is InChI=1S/C12H19N3O3/c1-3-15(6-9-4-5-14(2)13-9)11-8-18-7-10(11)12(16)17/h4-5,10-11H,3,6-8H2,1-2H3,(H,16,17). The molecular weight excluding hydrogens is 234 g/mol. The summed E-state index contributed by atoms with van der Waals surface area (Å²) >= 11 is 0. The van der Waals surface area contributed by atoms with Crippen molar-refractivity contribution in [1.82, 2.24) is 14.7 Å². The number of nitrogens with zero attached hydrogens (tertiary/aromatic N) is 3. The van der Waals surface area contributed by atoms with E-state index >= 15 is 0 Å². The minimum absolute atomic E-state index is 0.0606. The van der Waals surface area contributed by atoms with Gasteiger partial charge in [0.05, 0.1) is 24.8 Å². The Hall–Kier alpha value is -1.40. The molecular formula is C12H19N3O3. The van der Waals surface area contributed by atoms with Gasteiger partial charge < -0.3 is 9.84 Å². The van der Waals surface area contributed by atoms with Gasteiger partial charge in [0.2, 0.25) is 0 Å². The summed E-state index contributed by atoms with van der Waals surface area (Å²) in [6.07, 6.45) is 1.89. The van der Waals surface area contributed by atoms with Gasteiger partial charge in [-0.2, -0.15) is 5.10 Å². The summed E-state index contributed by atoms with van der Waals surface area (Å²) in [6, 6.07) is 1.89. The molecule has 1 fully saturated rings. The molecule has 18 heavy (non-hydrogen) atoms. The Kier molecular flexibility index (Phi) is 3.98. The molecule has 2 atom stereocenters. The third-order valence-corrected chi connectivity index (χ3v) is 3.38. The van der Waals surface area contributed by atoms with Crippen LogP contribution in [-0.4, -0.2) is 51.6 Å². The number of carbonyl (C=O) groups is 1. The van der Waals surface area contributed by atoms with E-state index in [0.29, 0.717) is 19.8 Å². The van der Waals surface area contributed by atoms with Crippen molar-refractivity contribution in [1.29, 1.82) is 0 Å². The Morgan fingerprint density at radius 3 is 3.00 bits per heavy atom. The van der Waals surface area contributed by atoms with E-state index in [-0.39, 0.29) is 6.04 Å². The number of hydrogen-bond acceptors (Lipinski definition) is 4. The second kappa shape index (κ2) is 5.49. The molecule has 0 saturated carbocycles. The Bertz CT molecular complexity index is 418. The van der Waals surface area contributed by atoms with Gasteiger partial charge in [-0.05, 0) is 12.6 Å². The van der Waals surface area contributed by atoms with Gasteiger partial charge in [-0.3, -0.25) is 14.4 Å². The fraction of sp³-hybridized carbons (Fsp3) is 0.667. The van der Waals surface area contributed by atoms with Crippen molar-refractivity contribution in [3.63, 3.8) is 0 Å². The predicted molar refractivity (Wildman–Crippen MR) is 65.0 cm³/mol. The first-order valence-corrected chi connectivity index (χ1v) is 6.15. The number of ether oxygens (including phenoxy) is 1. The average Bonchev–Trinajstić information content (AvgIpc) is 2.94. The number of aromatic nitrogens is 2. The largest absolute Gasteiger partial charge is 0.481 e. The topological polar surface area (TPSA) is 67.6 Å². The van der Waals surface area contributed by atoms with Crippen LogP contribution >= 0.6 is 0 Å². The second-order valence-corrected chi connectivity index (χ2v) is 4.59. The molecule has 0 aromatic carbocycles. The van der Waals surface area contributed by atoms with Crippen molar-refractivity contribution >= 4 is 5.97 Å². The zero-order valence-electron chi connectivity index (χ0n) is 10.7. The van der Waals surface area contributed by atoms with Crippen LogP contribution in [0.15, 0.2) is 12.3 Å². The monoisotopic (exact) mass is 253 g/mol. The lowest BCUT2D eigenvalue weighted by atomic mass is 10.0. The molecule has 1 aliphatic heterocycles. The first-order chi connectivity index (χ1) is 8.61. The number of aliphatic carboxylic acids is 1. The molecule has 1 saturated heterocycles. The zero-order chi connectivity index (χ0) is 13.1. The van der Waals surface area contributed by atoms with Crippen LogP contribution in [0.4, 0.5) is 0 Å². The number of carboxylic acids is 1. The highest BCUT2D eigenvalue weighted by Gasteiger charge is 2.37. The normalized spacial score (nSPS) is 23.7. The molecule has 1 N–H and O–H groups in total. The minimum atomic E-state index is -0.781. The average molecular weight is 253 g/mol. The van der Waals surface area contributed by atoms with Crippen LogP contribution in [0.3, 0.4) is 0 Å². The fourth-order valence-corrected chi connectivity index (χ4v) is 2.36. The maximum absolute atomic E-state index is 11.2. The van der Waals surface area contributed by atoms with Crippen LogP contribution in [0.2, 0.25) is 0 Å². The Morgan fingerprint density at radius 2 is 2.44 bits per heavy atom. The van der Waals surface area contributed by atoms with Crippen LogP contribution in [0.25, 0.3) is 0 Å². The lowest BCUT2D eigenvalue weighted by Crippen LogP contribution is -2.42. The molecule has 1 aliphatic rings. The van der Waals surface area contributed by atoms with Crippen LogP contribution < -0.4 is 0 Å². The van der Waals surface area contributed by atoms with Crippen molar-refractivity contribution < 1.29 is 14.6 Å². The molecule has 0 amide bonds. The number of aryl methyl sites for hydroxylation is 1. The van der Waals surface area contributed by atoms with Crippen molar-refractivity contribution in [2.75, 3.05) is 19.8 Å². The van der Waals surface area contributed by atoms with Crippen LogP contribution in [0.1, 0.15) is 12.6 Å². The smallest absolute Gasteiger partial charge is 0.310 e. The Labute approximate surface area is 106 Å². The van der Waals surface area contributed by atoms with E-state index in [9.17, 15) is 9.90 Å². The highest BCUT2D eigenvalue weighted by atomic mass is 16.5. The van der Waals surface area contributed by atoms with Gasteiger partial charge in [0.15, 0.2) is 0 Å². The van der Waals surface area contributed by atoms with Crippen LogP contribution in [0.5, 0.6) is 0 Å². The van der Waals surface area contributed by atoms with Crippen molar-refractivity contribution in [2.45, 2.75) is 19.5 Å². The maximum Gasteiger partial charge on any atom is 0.310 e. The Balaban J connectivity index is 2.06. The lowest BCUT2D eigenvalue weighted by molar-refractivity contribution is -0.143. The van der Waals surface area contributed by atoms with E-state index in [1.807, 2.05) is 26.2 Å². The molecule has 2 rings (SSSR count). The molecule has 6 heteroatoms. The third kappa shape index (κ3) is 2.70. The first-order valence-electron chi connectivity index (χ1n) is 6.15. The molecule has 6 nitrogen and oxygen atoms in total. The van der Waals surface area contributed by atoms with Gasteiger partial charge in [0.1, 0.15) is 0 Å². The molecule has 0 radical (unpaired) electrons. The van der Waals surface area contributed by atoms with E-state index < -0.39 is 11.9 Å². The van der Waals surface area contributed by atoms with Gasteiger partial charge in [-0.25, -0.2) is 0 Å². The van der Waals surface area contributed by atoms with Gasteiger partial charge in [-0.15, -0.1) is 0 Å². The van der Waals surface area contributed by atoms with E-state index in [1.165, 1.54) is 0 Å². The third-order valence-electron chi connectivity index (χ3n) is 3.38. The maximum atomic E-state index is 11.2. The van der Waals surface area contributed by atoms with Gasteiger partial charge in [-0.1, -0.05) is 6.92 Å². The molecule has 2 heterocycles. The summed E-state index contributed by atoms with van der Waals surface area (Å²) < 4.78 is 7.06. The summed E-state index contributed by atoms with van der Waals surface area (Å²) in [6.45, 7) is 4.26. The number of rotatable bonds is 5. The van der Waals surface area contributed by atoms with Crippen molar-refractivity contribution in [3.8, 4) is 0 Å². The molecule has 2 unspecified atom stereocenters. The summed E-state index contributed by atoms with van der Waals surface area (Å²) in [5, 5.41) is 13.5. The van der Waals surface area contributed by atoms with E-state index in [2.05, 4.69) is 10.00 Å². The Morgan fingerprint density at radius 1 is 1.67 bits per heavy atom. The molecule has 1 aromatic heterocycles. The quantitative estimate of drug-likeness (QED) is 0.819. The van der Waals surface area contributed by atoms with E-state index in [1.54, 1.807) is 4.68 Å². The lowest BCUT2D eigenvalue weighted by Gasteiger charge is -2.28. The second-order valence-electron chi connectivity index (χ2n) is 4.59. The minimum Gasteiger partial charge on any atom is -0.481 e. The predicted octanol–water partition coefficient (Wildman–Crippen LogP) is 0.342. The van der Waals surface area contributed by atoms with Gasteiger partial charge in [0, 0.05) is 25.8 Å². The number of likely N-dealkylation sites (N-methyl/N-ethyl adjacent to an activating group) is 1. The molecule has 100 valence electrons. The van der Waals surface area contributed by atoms with Crippen molar-refractivity contribution in [3.05, 3.63) is 18.0 Å². The van der Waals surface area contributed by atoms with Gasteiger partial charge in [0.25, 0.3) is 0 Å². The summed E-state index contributed by atoms with van der Waals surface area (Å²) in [5.41, 5.74) is 0.954. The van der Waals surface area contributed by atoms with E-state index in [4.69, 9.17) is 4.74 Å². The van der Waals surface area contributed by atoms with E-state index in [0.717, 1.165) is 12.2 Å². The highest BCUT2D eigenvalue weighted by molar-refractivity contribution is 5.71. The molecule has 0 bridgehead atoms. The first kappa shape index (κ1) is 13.0. The van der Waals surface area contributed by atoms with Crippen molar-refractivity contribution in [2.24, 2.45) is 13.0 Å². The number of carboxylic acid groups (broad SMARTS) is 1. The highest BCUT2D eigenvalue weighted by Crippen LogP contribution is 2.21. The van der Waals surface area contributed by atoms with Crippen LogP contribution in [0, 0.1) is 5.92 Å². The SMILES string of the molecule is CCN(Cc1ccn(C)n1)C1COCC1C(=O)O. The van der Waals surface area contributed by atoms with Gasteiger partial charge >= 0.3 is 5.97 Å². The molecule has 0 aliphatic carbocycles. The summed E-state index contributed by atoms with van der Waals surface area (Å²) in [5.74, 6) is -1.22. The molecule has 0 spiro atoms. The summed E-state index contributed by atoms with van der Waals surface area (Å²) in [7, 11) is 1.87. The summed E-state index contributed by atoms with van der Waals surface area (Å²) in [4.78, 5) is 13.3. The zero-order valence-corrected chi connectivity index (χ0v) is 10.7. The fourth-order valence-electron chi connectivity index (χ4n) is 2.36. The number of hydrogen-bond donors (Lipinski definition) is 1. The van der Waals surface area contributed by atoms with Crippen LogP contribution in [-0.2, 0) is 23.1 Å². The molecule has 1 aromatic rings.